The molecule has 1 heterocycles. The third kappa shape index (κ3) is 7.92. The molecule has 0 aliphatic rings. The summed E-state index contributed by atoms with van der Waals surface area (Å²) < 4.78 is 0. The van der Waals surface area contributed by atoms with Gasteiger partial charge in [0.1, 0.15) is 11.5 Å². The number of nitrogens with one attached hydrogen (secondary N) is 1. The molecule has 110 valence electrons. The molecule has 19 heavy (non-hydrogen) atoms. The number of hydrogen-bond donors (Lipinski definition) is 2. The van der Waals surface area contributed by atoms with Crippen LogP contribution in [0.3, 0.4) is 0 Å². The van der Waals surface area contributed by atoms with Crippen molar-refractivity contribution in [3.8, 4) is 0 Å². The van der Waals surface area contributed by atoms with Crippen molar-refractivity contribution in [2.75, 3.05) is 6.61 Å². The Labute approximate surface area is 119 Å². The van der Waals surface area contributed by atoms with Crippen LogP contribution in [0.5, 0.6) is 0 Å². The normalized spacial score (nSPS) is 10.7. The first-order valence-electron chi connectivity index (χ1n) is 6.29. The quantitative estimate of drug-likeness (QED) is 0.835. The molecule has 0 fully saturated rings. The fraction of sp³-hybridized carbons (Fsp3) is 0.692. The van der Waals surface area contributed by atoms with E-state index in [9.17, 15) is 9.90 Å². The molecule has 0 radical (unpaired) electrons. The second kappa shape index (κ2) is 8.24. The van der Waals surface area contributed by atoms with E-state index in [-0.39, 0.29) is 12.5 Å². The van der Waals surface area contributed by atoms with Crippen LogP contribution in [-0.4, -0.2) is 28.2 Å². The number of carbonyl (C=O) groups is 1. The summed E-state index contributed by atoms with van der Waals surface area (Å²) in [5.74, 6) is -0.327. The molecule has 0 saturated heterocycles. The van der Waals surface area contributed by atoms with Crippen molar-refractivity contribution >= 4 is 17.2 Å². The van der Waals surface area contributed by atoms with Gasteiger partial charge in [-0.25, -0.2) is 10.5 Å². The molecule has 0 spiro atoms. The molecule has 0 aliphatic carbocycles. The predicted octanol–water partition coefficient (Wildman–Crippen LogP) is 2.61. The maximum atomic E-state index is 11.6. The number of amides is 1. The third-order valence-electron chi connectivity index (χ3n) is 1.70. The highest BCUT2D eigenvalue weighted by molar-refractivity contribution is 7.13. The molecule has 0 atom stereocenters. The Morgan fingerprint density at radius 2 is 1.95 bits per heavy atom. The summed E-state index contributed by atoms with van der Waals surface area (Å²) in [6.07, 6.45) is 1.25. The summed E-state index contributed by atoms with van der Waals surface area (Å²) in [5, 5.41) is 10.2. The van der Waals surface area contributed by atoms with E-state index < -0.39 is 5.60 Å². The van der Waals surface area contributed by atoms with Crippen LogP contribution in [0.2, 0.25) is 0 Å². The SMILES string of the molecule is CCC.Cc1nc(C)c(C(=O)NOCC(C)(C)O)s1. The second-order valence-electron chi connectivity index (χ2n) is 4.89. The van der Waals surface area contributed by atoms with Gasteiger partial charge in [-0.15, -0.1) is 11.3 Å². The third-order valence-corrected chi connectivity index (χ3v) is 2.77. The topological polar surface area (TPSA) is 71.5 Å². The Balaban J connectivity index is 0.000000982. The molecule has 1 rings (SSSR count). The highest BCUT2D eigenvalue weighted by Gasteiger charge is 2.16. The van der Waals surface area contributed by atoms with Crippen molar-refractivity contribution in [3.05, 3.63) is 15.6 Å². The van der Waals surface area contributed by atoms with Crippen molar-refractivity contribution in [1.82, 2.24) is 10.5 Å². The summed E-state index contributed by atoms with van der Waals surface area (Å²) in [5.41, 5.74) is 2.00. The molecule has 0 bridgehead atoms. The average Bonchev–Trinajstić information content (AvgIpc) is 2.57. The molecule has 0 aliphatic heterocycles. The maximum Gasteiger partial charge on any atom is 0.286 e. The molecule has 1 aromatic rings. The fourth-order valence-corrected chi connectivity index (χ4v) is 1.87. The zero-order chi connectivity index (χ0) is 15.1. The van der Waals surface area contributed by atoms with Gasteiger partial charge in [0.25, 0.3) is 5.91 Å². The Bertz CT molecular complexity index is 397. The monoisotopic (exact) mass is 288 g/mol. The molecular formula is C13H24N2O3S. The van der Waals surface area contributed by atoms with Crippen molar-refractivity contribution in [3.63, 3.8) is 0 Å². The van der Waals surface area contributed by atoms with Crippen LogP contribution in [-0.2, 0) is 4.84 Å². The zero-order valence-electron chi connectivity index (χ0n) is 12.5. The van der Waals surface area contributed by atoms with E-state index in [4.69, 9.17) is 4.84 Å². The van der Waals surface area contributed by atoms with E-state index in [1.165, 1.54) is 17.8 Å². The van der Waals surface area contributed by atoms with Crippen LogP contribution in [0.15, 0.2) is 0 Å². The minimum Gasteiger partial charge on any atom is -0.388 e. The molecule has 0 aromatic carbocycles. The van der Waals surface area contributed by atoms with E-state index in [0.29, 0.717) is 10.6 Å². The molecule has 2 N–H and O–H groups in total. The minimum atomic E-state index is -0.966. The van der Waals surface area contributed by atoms with Gasteiger partial charge >= 0.3 is 0 Å². The number of aliphatic hydroxyl groups is 1. The van der Waals surface area contributed by atoms with Gasteiger partial charge < -0.3 is 5.11 Å². The molecule has 1 aromatic heterocycles. The first kappa shape index (κ1) is 18.0. The minimum absolute atomic E-state index is 0.0373. The smallest absolute Gasteiger partial charge is 0.286 e. The fourth-order valence-electron chi connectivity index (χ4n) is 1.07. The summed E-state index contributed by atoms with van der Waals surface area (Å²) in [4.78, 5) is 21.2. The summed E-state index contributed by atoms with van der Waals surface area (Å²) in [6, 6.07) is 0. The van der Waals surface area contributed by atoms with E-state index in [0.717, 1.165) is 5.01 Å². The molecule has 1 amide bonds. The molecule has 0 unspecified atom stereocenters. The maximum absolute atomic E-state index is 11.6. The van der Waals surface area contributed by atoms with Gasteiger partial charge in [0, 0.05) is 0 Å². The number of carbonyl (C=O) groups excluding carboxylic acids is 1. The predicted molar refractivity (Wildman–Crippen MR) is 77.3 cm³/mol. The van der Waals surface area contributed by atoms with Gasteiger partial charge in [-0.3, -0.25) is 9.63 Å². The van der Waals surface area contributed by atoms with Crippen molar-refractivity contribution in [1.29, 1.82) is 0 Å². The lowest BCUT2D eigenvalue weighted by Crippen LogP contribution is -2.33. The Morgan fingerprint density at radius 3 is 2.32 bits per heavy atom. The van der Waals surface area contributed by atoms with Crippen LogP contribution >= 0.6 is 11.3 Å². The Hall–Kier alpha value is -0.980. The van der Waals surface area contributed by atoms with E-state index in [1.54, 1.807) is 20.8 Å². The summed E-state index contributed by atoms with van der Waals surface area (Å²) >= 11 is 1.31. The van der Waals surface area contributed by atoms with Gasteiger partial charge in [0.05, 0.1) is 16.3 Å². The number of hydroxylamine groups is 1. The lowest BCUT2D eigenvalue weighted by Gasteiger charge is -2.16. The van der Waals surface area contributed by atoms with Crippen LogP contribution < -0.4 is 5.48 Å². The van der Waals surface area contributed by atoms with Crippen molar-refractivity contribution in [2.24, 2.45) is 0 Å². The van der Waals surface area contributed by atoms with Gasteiger partial charge in [0.2, 0.25) is 0 Å². The van der Waals surface area contributed by atoms with Crippen molar-refractivity contribution in [2.45, 2.75) is 53.6 Å². The van der Waals surface area contributed by atoms with Gasteiger partial charge in [0.15, 0.2) is 0 Å². The van der Waals surface area contributed by atoms with Gasteiger partial charge in [-0.05, 0) is 27.7 Å². The summed E-state index contributed by atoms with van der Waals surface area (Å²) in [7, 11) is 0. The Morgan fingerprint density at radius 1 is 1.42 bits per heavy atom. The van der Waals surface area contributed by atoms with Gasteiger partial charge in [-0.2, -0.15) is 0 Å². The molecular weight excluding hydrogens is 264 g/mol. The molecule has 5 nitrogen and oxygen atoms in total. The number of hydrogen-bond acceptors (Lipinski definition) is 5. The van der Waals surface area contributed by atoms with E-state index >= 15 is 0 Å². The first-order valence-corrected chi connectivity index (χ1v) is 7.11. The largest absolute Gasteiger partial charge is 0.388 e. The lowest BCUT2D eigenvalue weighted by atomic mass is 10.2. The standard InChI is InChI=1S/C10H16N2O3S.C3H8/c1-6-8(16-7(2)11-6)9(13)12-15-5-10(3,4)14;1-3-2/h14H,5H2,1-4H3,(H,12,13);3H2,1-2H3. The zero-order valence-corrected chi connectivity index (χ0v) is 13.3. The van der Waals surface area contributed by atoms with Crippen LogP contribution in [0.4, 0.5) is 0 Å². The average molecular weight is 288 g/mol. The van der Waals surface area contributed by atoms with E-state index in [1.807, 2.05) is 6.92 Å². The second-order valence-corrected chi connectivity index (χ2v) is 6.09. The highest BCUT2D eigenvalue weighted by Crippen LogP contribution is 2.16. The number of thiazole rings is 1. The summed E-state index contributed by atoms with van der Waals surface area (Å²) in [6.45, 7) is 11.1. The molecule has 0 saturated carbocycles. The first-order chi connectivity index (χ1) is 8.71. The number of nitrogens with zero attached hydrogens (tertiary/aromatic N) is 1. The molecule has 6 heteroatoms. The van der Waals surface area contributed by atoms with E-state index in [2.05, 4.69) is 24.3 Å². The van der Waals surface area contributed by atoms with Crippen molar-refractivity contribution < 1.29 is 14.7 Å². The highest BCUT2D eigenvalue weighted by atomic mass is 32.1. The number of rotatable bonds is 4. The number of aromatic nitrogens is 1. The lowest BCUT2D eigenvalue weighted by molar-refractivity contribution is -0.0521. The van der Waals surface area contributed by atoms with Gasteiger partial charge in [-0.1, -0.05) is 20.3 Å². The number of aryl methyl sites for hydroxylation is 2. The van der Waals surface area contributed by atoms with Crippen LogP contribution in [0, 0.1) is 13.8 Å². The van der Waals surface area contributed by atoms with Crippen LogP contribution in [0.1, 0.15) is 54.5 Å². The van der Waals surface area contributed by atoms with Crippen LogP contribution in [0.25, 0.3) is 0 Å². The Kier molecular flexibility index (Phi) is 7.82.